The van der Waals surface area contributed by atoms with Gasteiger partial charge in [0, 0.05) is 6.61 Å². The second-order valence-corrected chi connectivity index (χ2v) is 1.82. The molecule has 0 aromatic rings. The van der Waals surface area contributed by atoms with Crippen molar-refractivity contribution < 1.29 is 19.4 Å². The van der Waals surface area contributed by atoms with E-state index in [4.69, 9.17) is 5.11 Å². The van der Waals surface area contributed by atoms with Crippen LogP contribution in [-0.4, -0.2) is 24.5 Å². The minimum atomic E-state index is -0.663. The van der Waals surface area contributed by atoms with Gasteiger partial charge in [0.15, 0.2) is 6.61 Å². The highest BCUT2D eigenvalue weighted by Gasteiger charge is 2.17. The highest BCUT2D eigenvalue weighted by atomic mass is 16.8. The Bertz CT molecular complexity index is 161. The molecule has 0 atom stereocenters. The molecule has 0 amide bonds. The van der Waals surface area contributed by atoms with Gasteiger partial charge in [-0.1, -0.05) is 0 Å². The van der Waals surface area contributed by atoms with E-state index >= 15 is 0 Å². The largest absolute Gasteiger partial charge is 0.514 e. The first-order chi connectivity index (χ1) is 4.83. The Morgan fingerprint density at radius 2 is 2.50 bits per heavy atom. The van der Waals surface area contributed by atoms with E-state index in [0.717, 1.165) is 0 Å². The van der Waals surface area contributed by atoms with Gasteiger partial charge in [0.2, 0.25) is 0 Å². The molecule has 0 radical (unpaired) electrons. The van der Waals surface area contributed by atoms with Gasteiger partial charge in [0.25, 0.3) is 0 Å². The molecule has 1 heterocycles. The summed E-state index contributed by atoms with van der Waals surface area (Å²) in [6, 6.07) is 0. The first-order valence-electron chi connectivity index (χ1n) is 2.97. The van der Waals surface area contributed by atoms with Crippen LogP contribution in [0.25, 0.3) is 0 Å². The molecule has 56 valence electrons. The van der Waals surface area contributed by atoms with E-state index in [1.165, 1.54) is 0 Å². The summed E-state index contributed by atoms with van der Waals surface area (Å²) in [5.74, 6) is 0.485. The van der Waals surface area contributed by atoms with Crippen LogP contribution >= 0.6 is 0 Å². The van der Waals surface area contributed by atoms with Crippen molar-refractivity contribution in [1.29, 1.82) is 0 Å². The Morgan fingerprint density at radius 1 is 1.70 bits per heavy atom. The maximum Gasteiger partial charge on any atom is 0.514 e. The second kappa shape index (κ2) is 3.22. The molecule has 0 spiro atoms. The van der Waals surface area contributed by atoms with Crippen molar-refractivity contribution in [2.24, 2.45) is 0 Å². The van der Waals surface area contributed by atoms with Crippen LogP contribution < -0.4 is 0 Å². The zero-order valence-corrected chi connectivity index (χ0v) is 5.37. The van der Waals surface area contributed by atoms with Crippen LogP contribution in [0.4, 0.5) is 4.79 Å². The summed E-state index contributed by atoms with van der Waals surface area (Å²) in [6.07, 6.45) is 1.46. The summed E-state index contributed by atoms with van der Waals surface area (Å²) in [4.78, 5) is 10.3. The van der Waals surface area contributed by atoms with Gasteiger partial charge in [-0.3, -0.25) is 0 Å². The van der Waals surface area contributed by atoms with E-state index < -0.39 is 6.16 Å². The van der Waals surface area contributed by atoms with Crippen molar-refractivity contribution >= 4 is 6.16 Å². The van der Waals surface area contributed by atoms with E-state index in [2.05, 4.69) is 9.47 Å². The lowest BCUT2D eigenvalue weighted by Crippen LogP contribution is -1.88. The molecule has 0 unspecified atom stereocenters. The molecule has 10 heavy (non-hydrogen) atoms. The Hall–Kier alpha value is -1.03. The molecular weight excluding hydrogens is 136 g/mol. The van der Waals surface area contributed by atoms with Crippen molar-refractivity contribution in [2.45, 2.75) is 6.42 Å². The summed E-state index contributed by atoms with van der Waals surface area (Å²) in [5.41, 5.74) is 0. The average Bonchev–Trinajstić information content (AvgIpc) is 2.31. The van der Waals surface area contributed by atoms with E-state index in [9.17, 15) is 4.79 Å². The van der Waals surface area contributed by atoms with Gasteiger partial charge in [-0.2, -0.15) is 0 Å². The number of carbonyl (C=O) groups excluding carboxylic acids is 1. The predicted molar refractivity (Wildman–Crippen MR) is 32.2 cm³/mol. The van der Waals surface area contributed by atoms with Crippen molar-refractivity contribution in [3.63, 3.8) is 0 Å². The van der Waals surface area contributed by atoms with Crippen LogP contribution in [0.1, 0.15) is 6.42 Å². The monoisotopic (exact) mass is 144 g/mol. The zero-order chi connectivity index (χ0) is 7.40. The quantitative estimate of drug-likeness (QED) is 0.570. The van der Waals surface area contributed by atoms with Crippen LogP contribution in [0.2, 0.25) is 0 Å². The highest BCUT2D eigenvalue weighted by molar-refractivity contribution is 5.64. The average molecular weight is 144 g/mol. The van der Waals surface area contributed by atoms with E-state index in [0.29, 0.717) is 12.2 Å². The van der Waals surface area contributed by atoms with E-state index in [1.54, 1.807) is 6.08 Å². The first-order valence-corrected chi connectivity index (χ1v) is 2.97. The molecule has 1 aliphatic rings. The number of hydrogen-bond donors (Lipinski definition) is 1. The molecule has 0 saturated carbocycles. The molecule has 1 fully saturated rings. The molecule has 4 heteroatoms. The Morgan fingerprint density at radius 3 is 3.00 bits per heavy atom. The fourth-order valence-corrected chi connectivity index (χ4v) is 0.622. The van der Waals surface area contributed by atoms with Crippen LogP contribution in [0.15, 0.2) is 11.8 Å². The Kier molecular flexibility index (Phi) is 2.28. The smallest absolute Gasteiger partial charge is 0.426 e. The number of cyclic esters (lactones) is 2. The van der Waals surface area contributed by atoms with Gasteiger partial charge < -0.3 is 14.6 Å². The standard InChI is InChI=1S/C6H8O4/c7-3-1-2-5-4-9-6(8)10-5/h2,7H,1,3-4H2/b5-2+. The number of hydrogen-bond acceptors (Lipinski definition) is 4. The van der Waals surface area contributed by atoms with Crippen LogP contribution in [0, 0.1) is 0 Å². The molecule has 1 rings (SSSR count). The summed E-state index contributed by atoms with van der Waals surface area (Å²) < 4.78 is 9.00. The van der Waals surface area contributed by atoms with Gasteiger partial charge in [-0.05, 0) is 12.5 Å². The first kappa shape index (κ1) is 7.08. The van der Waals surface area contributed by atoms with Gasteiger partial charge in [0.1, 0.15) is 5.76 Å². The highest BCUT2D eigenvalue weighted by Crippen LogP contribution is 2.09. The van der Waals surface area contributed by atoms with Crippen LogP contribution in [0.5, 0.6) is 0 Å². The molecule has 0 bridgehead atoms. The topological polar surface area (TPSA) is 55.8 Å². The fourth-order valence-electron chi connectivity index (χ4n) is 0.622. The predicted octanol–water partition coefficient (Wildman–Crippen LogP) is 0.420. The van der Waals surface area contributed by atoms with Gasteiger partial charge in [0.05, 0.1) is 0 Å². The van der Waals surface area contributed by atoms with Crippen molar-refractivity contribution in [3.05, 3.63) is 11.8 Å². The third kappa shape index (κ3) is 1.73. The maximum atomic E-state index is 10.3. The number of aliphatic hydroxyl groups excluding tert-OH is 1. The molecule has 0 aliphatic carbocycles. The minimum absolute atomic E-state index is 0.0566. The zero-order valence-electron chi connectivity index (χ0n) is 5.37. The number of rotatable bonds is 2. The third-order valence-corrected chi connectivity index (χ3v) is 1.05. The SMILES string of the molecule is O=C1OC/C(=C\CCO)O1. The molecule has 0 aromatic heterocycles. The van der Waals surface area contributed by atoms with Crippen LogP contribution in [0.3, 0.4) is 0 Å². The Balaban J connectivity index is 2.36. The number of ether oxygens (including phenoxy) is 2. The lowest BCUT2D eigenvalue weighted by Gasteiger charge is -1.88. The minimum Gasteiger partial charge on any atom is -0.426 e. The van der Waals surface area contributed by atoms with Gasteiger partial charge in [-0.25, -0.2) is 4.79 Å². The van der Waals surface area contributed by atoms with E-state index in [-0.39, 0.29) is 13.2 Å². The summed E-state index contributed by atoms with van der Waals surface area (Å²) >= 11 is 0. The number of aliphatic hydroxyl groups is 1. The molecular formula is C6H8O4. The third-order valence-electron chi connectivity index (χ3n) is 1.05. The van der Waals surface area contributed by atoms with Crippen LogP contribution in [-0.2, 0) is 9.47 Å². The summed E-state index contributed by atoms with van der Waals surface area (Å²) in [7, 11) is 0. The normalized spacial score (nSPS) is 20.9. The van der Waals surface area contributed by atoms with Gasteiger partial charge >= 0.3 is 6.16 Å². The fraction of sp³-hybridized carbons (Fsp3) is 0.500. The summed E-state index contributed by atoms with van der Waals surface area (Å²) in [6.45, 7) is 0.250. The maximum absolute atomic E-state index is 10.3. The lowest BCUT2D eigenvalue weighted by atomic mass is 10.4. The molecule has 1 N–H and O–H groups in total. The van der Waals surface area contributed by atoms with Gasteiger partial charge in [-0.15, -0.1) is 0 Å². The second-order valence-electron chi connectivity index (χ2n) is 1.82. The van der Waals surface area contributed by atoms with Crippen molar-refractivity contribution in [2.75, 3.05) is 13.2 Å². The van der Waals surface area contributed by atoms with E-state index in [1.807, 2.05) is 0 Å². The van der Waals surface area contributed by atoms with Crippen molar-refractivity contribution in [1.82, 2.24) is 0 Å². The molecule has 1 aliphatic heterocycles. The summed E-state index contributed by atoms with van der Waals surface area (Å²) in [5, 5.41) is 8.37. The van der Waals surface area contributed by atoms with Crippen molar-refractivity contribution in [3.8, 4) is 0 Å². The Labute approximate surface area is 58.1 Å². The molecule has 4 nitrogen and oxygen atoms in total. The molecule has 0 aromatic carbocycles. The number of carbonyl (C=O) groups is 1. The lowest BCUT2D eigenvalue weighted by molar-refractivity contribution is 0.136. The molecule has 1 saturated heterocycles.